The van der Waals surface area contributed by atoms with E-state index >= 15 is 0 Å². The standard InChI is InChI=1S/C8H14N4O3/c9-3-6(13)11-4-7(14)12-2-1-5(12)8(10)15/h5H,1-4,9H2,(H2,10,15)(H,11,13). The summed E-state index contributed by atoms with van der Waals surface area (Å²) >= 11 is 0. The Morgan fingerprint density at radius 2 is 2.07 bits per heavy atom. The third-order valence-electron chi connectivity index (χ3n) is 2.29. The molecule has 0 saturated carbocycles. The van der Waals surface area contributed by atoms with Crippen LogP contribution in [-0.2, 0) is 14.4 Å². The van der Waals surface area contributed by atoms with Crippen molar-refractivity contribution in [1.29, 1.82) is 0 Å². The molecule has 5 N–H and O–H groups in total. The molecule has 0 aromatic heterocycles. The van der Waals surface area contributed by atoms with E-state index < -0.39 is 17.9 Å². The van der Waals surface area contributed by atoms with Crippen LogP contribution in [0.1, 0.15) is 6.42 Å². The number of carbonyl (C=O) groups is 3. The van der Waals surface area contributed by atoms with Gasteiger partial charge in [-0.2, -0.15) is 0 Å². The maximum absolute atomic E-state index is 11.4. The first kappa shape index (κ1) is 11.4. The molecule has 1 saturated heterocycles. The number of nitrogens with zero attached hydrogens (tertiary/aromatic N) is 1. The van der Waals surface area contributed by atoms with Gasteiger partial charge in [0.05, 0.1) is 13.1 Å². The molecule has 0 radical (unpaired) electrons. The summed E-state index contributed by atoms with van der Waals surface area (Å²) < 4.78 is 0. The Balaban J connectivity index is 2.35. The van der Waals surface area contributed by atoms with E-state index in [1.807, 2.05) is 0 Å². The molecule has 0 bridgehead atoms. The molecular weight excluding hydrogens is 200 g/mol. The summed E-state index contributed by atoms with van der Waals surface area (Å²) in [4.78, 5) is 34.3. The quantitative estimate of drug-likeness (QED) is 0.466. The van der Waals surface area contributed by atoms with Crippen molar-refractivity contribution in [2.24, 2.45) is 11.5 Å². The molecule has 1 fully saturated rings. The fourth-order valence-electron chi connectivity index (χ4n) is 1.33. The summed E-state index contributed by atoms with van der Waals surface area (Å²) in [5.41, 5.74) is 10.1. The second-order valence-electron chi connectivity index (χ2n) is 3.27. The maximum Gasteiger partial charge on any atom is 0.242 e. The van der Waals surface area contributed by atoms with Crippen LogP contribution in [0, 0.1) is 0 Å². The molecular formula is C8H14N4O3. The summed E-state index contributed by atoms with van der Waals surface area (Å²) in [6, 6.07) is -0.521. The van der Waals surface area contributed by atoms with Gasteiger partial charge in [-0.25, -0.2) is 0 Å². The van der Waals surface area contributed by atoms with Gasteiger partial charge < -0.3 is 21.7 Å². The summed E-state index contributed by atoms with van der Waals surface area (Å²) in [5.74, 6) is -1.23. The zero-order chi connectivity index (χ0) is 11.4. The molecule has 0 aromatic rings. The van der Waals surface area contributed by atoms with Crippen LogP contribution in [0.3, 0.4) is 0 Å². The van der Waals surface area contributed by atoms with E-state index in [4.69, 9.17) is 11.5 Å². The molecule has 15 heavy (non-hydrogen) atoms. The molecule has 0 aromatic carbocycles. The first-order valence-electron chi connectivity index (χ1n) is 4.61. The topological polar surface area (TPSA) is 119 Å². The van der Waals surface area contributed by atoms with Crippen molar-refractivity contribution in [1.82, 2.24) is 10.2 Å². The van der Waals surface area contributed by atoms with Gasteiger partial charge in [0.2, 0.25) is 17.7 Å². The van der Waals surface area contributed by atoms with Crippen LogP contribution < -0.4 is 16.8 Å². The van der Waals surface area contributed by atoms with Gasteiger partial charge in [0, 0.05) is 6.54 Å². The smallest absolute Gasteiger partial charge is 0.242 e. The highest BCUT2D eigenvalue weighted by atomic mass is 16.2. The lowest BCUT2D eigenvalue weighted by Gasteiger charge is -2.38. The average Bonchev–Trinajstić information content (AvgIpc) is 2.11. The van der Waals surface area contributed by atoms with Crippen molar-refractivity contribution in [2.75, 3.05) is 19.6 Å². The van der Waals surface area contributed by atoms with Gasteiger partial charge in [-0.1, -0.05) is 0 Å². The van der Waals surface area contributed by atoms with E-state index in [1.165, 1.54) is 4.90 Å². The fraction of sp³-hybridized carbons (Fsp3) is 0.625. The van der Waals surface area contributed by atoms with Gasteiger partial charge in [0.25, 0.3) is 0 Å². The van der Waals surface area contributed by atoms with Crippen LogP contribution in [0.2, 0.25) is 0 Å². The first-order valence-corrected chi connectivity index (χ1v) is 4.61. The van der Waals surface area contributed by atoms with E-state index in [1.54, 1.807) is 0 Å². The zero-order valence-electron chi connectivity index (χ0n) is 8.23. The number of primary amides is 1. The van der Waals surface area contributed by atoms with E-state index in [9.17, 15) is 14.4 Å². The lowest BCUT2D eigenvalue weighted by molar-refractivity contribution is -0.145. The van der Waals surface area contributed by atoms with E-state index in [0.717, 1.165) is 0 Å². The normalized spacial score (nSPS) is 19.3. The Hall–Kier alpha value is -1.63. The molecule has 1 unspecified atom stereocenters. The lowest BCUT2D eigenvalue weighted by atomic mass is 10.0. The Labute approximate surface area is 86.8 Å². The fourth-order valence-corrected chi connectivity index (χ4v) is 1.33. The Bertz CT molecular complexity index is 292. The molecule has 3 amide bonds. The van der Waals surface area contributed by atoms with Crippen molar-refractivity contribution >= 4 is 17.7 Å². The van der Waals surface area contributed by atoms with Crippen LogP contribution in [0.15, 0.2) is 0 Å². The van der Waals surface area contributed by atoms with Gasteiger partial charge >= 0.3 is 0 Å². The molecule has 7 nitrogen and oxygen atoms in total. The molecule has 7 heteroatoms. The molecule has 84 valence electrons. The molecule has 0 aliphatic carbocycles. The van der Waals surface area contributed by atoms with Crippen LogP contribution in [0.4, 0.5) is 0 Å². The molecule has 1 aliphatic heterocycles. The predicted molar refractivity (Wildman–Crippen MR) is 51.4 cm³/mol. The number of amides is 3. The van der Waals surface area contributed by atoms with Crippen LogP contribution >= 0.6 is 0 Å². The first-order chi connectivity index (χ1) is 7.06. The number of rotatable bonds is 4. The van der Waals surface area contributed by atoms with E-state index in [2.05, 4.69) is 5.32 Å². The van der Waals surface area contributed by atoms with Crippen molar-refractivity contribution in [3.63, 3.8) is 0 Å². The second-order valence-corrected chi connectivity index (χ2v) is 3.27. The minimum absolute atomic E-state index is 0.139. The van der Waals surface area contributed by atoms with Crippen molar-refractivity contribution < 1.29 is 14.4 Å². The van der Waals surface area contributed by atoms with Crippen LogP contribution in [0.5, 0.6) is 0 Å². The Morgan fingerprint density at radius 3 is 2.47 bits per heavy atom. The monoisotopic (exact) mass is 214 g/mol. The molecule has 0 spiro atoms. The van der Waals surface area contributed by atoms with Gasteiger partial charge in [-0.05, 0) is 6.42 Å². The second kappa shape index (κ2) is 4.74. The minimum atomic E-state index is -0.521. The largest absolute Gasteiger partial charge is 0.368 e. The summed E-state index contributed by atoms with van der Waals surface area (Å²) in [6.45, 7) is 0.206. The van der Waals surface area contributed by atoms with Crippen molar-refractivity contribution in [2.45, 2.75) is 12.5 Å². The highest BCUT2D eigenvalue weighted by Crippen LogP contribution is 2.16. The summed E-state index contributed by atoms with van der Waals surface area (Å²) in [6.07, 6.45) is 0.589. The van der Waals surface area contributed by atoms with Gasteiger partial charge in [0.1, 0.15) is 6.04 Å². The molecule has 1 heterocycles. The maximum atomic E-state index is 11.4. The van der Waals surface area contributed by atoms with Crippen LogP contribution in [0.25, 0.3) is 0 Å². The highest BCUT2D eigenvalue weighted by Gasteiger charge is 2.35. The Morgan fingerprint density at radius 1 is 1.40 bits per heavy atom. The number of hydrogen-bond donors (Lipinski definition) is 3. The minimum Gasteiger partial charge on any atom is -0.368 e. The van der Waals surface area contributed by atoms with E-state index in [-0.39, 0.29) is 19.0 Å². The lowest BCUT2D eigenvalue weighted by Crippen LogP contribution is -2.59. The molecule has 1 atom stereocenters. The van der Waals surface area contributed by atoms with E-state index in [0.29, 0.717) is 13.0 Å². The predicted octanol–water partition coefficient (Wildman–Crippen LogP) is -2.85. The number of nitrogens with two attached hydrogens (primary N) is 2. The highest BCUT2D eigenvalue weighted by molar-refractivity contribution is 5.91. The summed E-state index contributed by atoms with van der Waals surface area (Å²) in [5, 5.41) is 2.33. The van der Waals surface area contributed by atoms with Crippen LogP contribution in [-0.4, -0.2) is 48.3 Å². The Kier molecular flexibility index (Phi) is 3.62. The third kappa shape index (κ3) is 2.66. The number of carbonyl (C=O) groups excluding carboxylic acids is 3. The third-order valence-corrected chi connectivity index (χ3v) is 2.29. The number of likely N-dealkylation sites (tertiary alicyclic amines) is 1. The number of nitrogens with one attached hydrogen (secondary N) is 1. The summed E-state index contributed by atoms with van der Waals surface area (Å²) in [7, 11) is 0. The average molecular weight is 214 g/mol. The zero-order valence-corrected chi connectivity index (χ0v) is 8.23. The van der Waals surface area contributed by atoms with Crippen molar-refractivity contribution in [3.05, 3.63) is 0 Å². The molecule has 1 aliphatic rings. The molecule has 1 rings (SSSR count). The SMILES string of the molecule is NCC(=O)NCC(=O)N1CCC1C(N)=O. The number of hydrogen-bond acceptors (Lipinski definition) is 4. The van der Waals surface area contributed by atoms with Crippen molar-refractivity contribution in [3.8, 4) is 0 Å². The van der Waals surface area contributed by atoms with Gasteiger partial charge in [0.15, 0.2) is 0 Å². The van der Waals surface area contributed by atoms with Gasteiger partial charge in [-0.15, -0.1) is 0 Å². The van der Waals surface area contributed by atoms with Gasteiger partial charge in [-0.3, -0.25) is 14.4 Å².